The second kappa shape index (κ2) is 7.31. The van der Waals surface area contributed by atoms with Crippen molar-refractivity contribution in [2.75, 3.05) is 11.6 Å². The SMILES string of the molecule is CC(C(=O)O)c1cccc(NC(=O)C(NS(C)(=O)=O)C(C)(C)C)c1. The Labute approximate surface area is 142 Å². The van der Waals surface area contributed by atoms with Crippen molar-refractivity contribution in [2.45, 2.75) is 39.7 Å². The van der Waals surface area contributed by atoms with E-state index in [-0.39, 0.29) is 0 Å². The van der Waals surface area contributed by atoms with Crippen LogP contribution in [0.4, 0.5) is 5.69 Å². The van der Waals surface area contributed by atoms with Crippen LogP contribution in [0.2, 0.25) is 0 Å². The first-order valence-corrected chi connectivity index (χ1v) is 9.31. The maximum Gasteiger partial charge on any atom is 0.310 e. The van der Waals surface area contributed by atoms with Gasteiger partial charge < -0.3 is 10.4 Å². The fourth-order valence-electron chi connectivity index (χ4n) is 2.08. The Hall–Kier alpha value is -1.93. The number of amides is 1. The van der Waals surface area contributed by atoms with Gasteiger partial charge in [-0.3, -0.25) is 9.59 Å². The van der Waals surface area contributed by atoms with Crippen LogP contribution in [0.5, 0.6) is 0 Å². The zero-order valence-corrected chi connectivity index (χ0v) is 15.3. The van der Waals surface area contributed by atoms with E-state index < -0.39 is 39.3 Å². The van der Waals surface area contributed by atoms with Crippen molar-refractivity contribution in [2.24, 2.45) is 5.41 Å². The normalized spacial score (nSPS) is 14.7. The first-order chi connectivity index (χ1) is 10.8. The van der Waals surface area contributed by atoms with Crippen molar-refractivity contribution in [3.05, 3.63) is 29.8 Å². The molecule has 0 radical (unpaired) electrons. The molecule has 0 aliphatic rings. The highest BCUT2D eigenvalue weighted by Crippen LogP contribution is 2.23. The summed E-state index contributed by atoms with van der Waals surface area (Å²) in [6, 6.07) is 5.52. The summed E-state index contributed by atoms with van der Waals surface area (Å²) in [5.74, 6) is -2.19. The molecule has 0 heterocycles. The minimum atomic E-state index is -3.57. The molecule has 0 bridgehead atoms. The zero-order valence-electron chi connectivity index (χ0n) is 14.5. The third kappa shape index (κ3) is 5.93. The highest BCUT2D eigenvalue weighted by Gasteiger charge is 2.33. The highest BCUT2D eigenvalue weighted by molar-refractivity contribution is 7.88. The van der Waals surface area contributed by atoms with Gasteiger partial charge in [0.15, 0.2) is 0 Å². The molecule has 2 unspecified atom stereocenters. The summed E-state index contributed by atoms with van der Waals surface area (Å²) >= 11 is 0. The third-order valence-corrected chi connectivity index (χ3v) is 4.15. The number of carbonyl (C=O) groups excluding carboxylic acids is 1. The number of rotatable bonds is 6. The second-order valence-corrected chi connectivity index (χ2v) is 8.64. The number of benzene rings is 1. The van der Waals surface area contributed by atoms with Crippen molar-refractivity contribution >= 4 is 27.6 Å². The van der Waals surface area contributed by atoms with Crippen LogP contribution in [-0.2, 0) is 19.6 Å². The van der Waals surface area contributed by atoms with Gasteiger partial charge in [0.1, 0.15) is 6.04 Å². The van der Waals surface area contributed by atoms with Crippen LogP contribution in [0.1, 0.15) is 39.2 Å². The molecule has 3 N–H and O–H groups in total. The molecule has 0 saturated carbocycles. The van der Waals surface area contributed by atoms with Crippen LogP contribution in [0.3, 0.4) is 0 Å². The van der Waals surface area contributed by atoms with Crippen LogP contribution in [0.15, 0.2) is 24.3 Å². The third-order valence-electron chi connectivity index (χ3n) is 3.48. The quantitative estimate of drug-likeness (QED) is 0.719. The fourth-order valence-corrected chi connectivity index (χ4v) is 2.97. The van der Waals surface area contributed by atoms with Crippen molar-refractivity contribution in [3.63, 3.8) is 0 Å². The van der Waals surface area contributed by atoms with Gasteiger partial charge in [0.2, 0.25) is 15.9 Å². The summed E-state index contributed by atoms with van der Waals surface area (Å²) in [4.78, 5) is 23.6. The summed E-state index contributed by atoms with van der Waals surface area (Å²) in [7, 11) is -3.57. The molecular formula is C16H24N2O5S. The number of hydrogen-bond donors (Lipinski definition) is 3. The minimum Gasteiger partial charge on any atom is -0.481 e. The van der Waals surface area contributed by atoms with Gasteiger partial charge in [-0.15, -0.1) is 0 Å². The lowest BCUT2D eigenvalue weighted by atomic mass is 9.87. The number of aliphatic carboxylic acids is 1. The maximum absolute atomic E-state index is 12.5. The van der Waals surface area contributed by atoms with Gasteiger partial charge >= 0.3 is 5.97 Å². The van der Waals surface area contributed by atoms with Crippen LogP contribution in [0, 0.1) is 5.41 Å². The number of anilines is 1. The largest absolute Gasteiger partial charge is 0.481 e. The van der Waals surface area contributed by atoms with Crippen LogP contribution >= 0.6 is 0 Å². The lowest BCUT2D eigenvalue weighted by Gasteiger charge is -2.29. The Morgan fingerprint density at radius 2 is 1.79 bits per heavy atom. The predicted molar refractivity (Wildman–Crippen MR) is 92.3 cm³/mol. The standard InChI is InChI=1S/C16H24N2O5S/c1-10(15(20)21)11-7-6-8-12(9-11)17-14(19)13(16(2,3)4)18-24(5,22)23/h6-10,13,18H,1-5H3,(H,17,19)(H,20,21). The Morgan fingerprint density at radius 1 is 1.21 bits per heavy atom. The summed E-state index contributed by atoms with van der Waals surface area (Å²) in [6.07, 6.45) is 0.994. The van der Waals surface area contributed by atoms with Crippen LogP contribution < -0.4 is 10.0 Å². The highest BCUT2D eigenvalue weighted by atomic mass is 32.2. The topological polar surface area (TPSA) is 113 Å². The Morgan fingerprint density at radius 3 is 2.25 bits per heavy atom. The van der Waals surface area contributed by atoms with Crippen LogP contribution in [-0.4, -0.2) is 37.7 Å². The Bertz CT molecular complexity index is 722. The molecule has 134 valence electrons. The molecule has 1 aromatic carbocycles. The molecule has 1 rings (SSSR count). The Kier molecular flexibility index (Phi) is 6.13. The second-order valence-electron chi connectivity index (χ2n) is 6.86. The zero-order chi connectivity index (χ0) is 18.7. The van der Waals surface area contributed by atoms with Crippen molar-refractivity contribution in [1.29, 1.82) is 0 Å². The maximum atomic E-state index is 12.5. The lowest BCUT2D eigenvalue weighted by molar-refractivity contribution is -0.138. The van der Waals surface area contributed by atoms with Gasteiger partial charge in [-0.1, -0.05) is 32.9 Å². The molecule has 2 atom stereocenters. The number of carbonyl (C=O) groups is 2. The fraction of sp³-hybridized carbons (Fsp3) is 0.500. The molecule has 1 aromatic rings. The van der Waals surface area contributed by atoms with Gasteiger partial charge in [0.25, 0.3) is 0 Å². The van der Waals surface area contributed by atoms with E-state index in [1.165, 1.54) is 0 Å². The van der Waals surface area contributed by atoms with Gasteiger partial charge in [-0.25, -0.2) is 13.1 Å². The molecule has 7 nitrogen and oxygen atoms in total. The molecular weight excluding hydrogens is 332 g/mol. The van der Waals surface area contributed by atoms with E-state index >= 15 is 0 Å². The molecule has 24 heavy (non-hydrogen) atoms. The molecule has 0 saturated heterocycles. The summed E-state index contributed by atoms with van der Waals surface area (Å²) in [5, 5.41) is 11.7. The number of nitrogens with one attached hydrogen (secondary N) is 2. The van der Waals surface area contributed by atoms with Crippen molar-refractivity contribution < 1.29 is 23.1 Å². The van der Waals surface area contributed by atoms with E-state index in [0.717, 1.165) is 6.26 Å². The smallest absolute Gasteiger partial charge is 0.310 e. The van der Waals surface area contributed by atoms with E-state index in [1.807, 2.05) is 0 Å². The first-order valence-electron chi connectivity index (χ1n) is 7.42. The average molecular weight is 356 g/mol. The molecule has 1 amide bonds. The minimum absolute atomic E-state index is 0.412. The number of sulfonamides is 1. The van der Waals surface area contributed by atoms with Gasteiger partial charge in [-0.05, 0) is 30.0 Å². The molecule has 0 aromatic heterocycles. The summed E-state index contributed by atoms with van der Waals surface area (Å²) in [6.45, 7) is 6.79. The van der Waals surface area contributed by atoms with E-state index in [1.54, 1.807) is 52.0 Å². The van der Waals surface area contributed by atoms with Crippen molar-refractivity contribution in [1.82, 2.24) is 4.72 Å². The van der Waals surface area contributed by atoms with E-state index in [4.69, 9.17) is 5.11 Å². The Balaban J connectivity index is 3.03. The molecule has 0 fully saturated rings. The number of carboxylic acid groups (broad SMARTS) is 1. The lowest BCUT2D eigenvalue weighted by Crippen LogP contribution is -2.51. The molecule has 0 spiro atoms. The van der Waals surface area contributed by atoms with Crippen molar-refractivity contribution in [3.8, 4) is 0 Å². The molecule has 0 aliphatic heterocycles. The van der Waals surface area contributed by atoms with E-state index in [9.17, 15) is 18.0 Å². The number of carboxylic acids is 1. The summed E-state index contributed by atoms with van der Waals surface area (Å²) in [5.41, 5.74) is 0.317. The van der Waals surface area contributed by atoms with Crippen LogP contribution in [0.25, 0.3) is 0 Å². The number of hydrogen-bond acceptors (Lipinski definition) is 4. The van der Waals surface area contributed by atoms with Gasteiger partial charge in [-0.2, -0.15) is 0 Å². The first kappa shape index (κ1) is 20.1. The van der Waals surface area contributed by atoms with E-state index in [2.05, 4.69) is 10.0 Å². The van der Waals surface area contributed by atoms with E-state index in [0.29, 0.717) is 11.3 Å². The van der Waals surface area contributed by atoms with Gasteiger partial charge in [0.05, 0.1) is 12.2 Å². The monoisotopic (exact) mass is 356 g/mol. The summed E-state index contributed by atoms with van der Waals surface area (Å²) < 4.78 is 25.4. The molecule has 0 aliphatic carbocycles. The average Bonchev–Trinajstić information content (AvgIpc) is 2.42. The van der Waals surface area contributed by atoms with Gasteiger partial charge in [0, 0.05) is 5.69 Å². The molecule has 8 heteroatoms. The predicted octanol–water partition coefficient (Wildman–Crippen LogP) is 1.78.